The Morgan fingerprint density at radius 1 is 1.47 bits per heavy atom. The quantitative estimate of drug-likeness (QED) is 0.837. The Morgan fingerprint density at radius 2 is 2.12 bits per heavy atom. The Bertz CT molecular complexity index is 376. The number of nitrogens with one attached hydrogen (secondary N) is 2. The van der Waals surface area contributed by atoms with Gasteiger partial charge in [-0.05, 0) is 46.4 Å². The number of aromatic nitrogens is 1. The Hall–Kier alpha value is -1.29. The van der Waals surface area contributed by atoms with Crippen molar-refractivity contribution >= 4 is 5.91 Å². The zero-order valence-electron chi connectivity index (χ0n) is 11.4. The molecule has 1 aromatic rings. The van der Waals surface area contributed by atoms with Crippen molar-refractivity contribution in [3.63, 3.8) is 0 Å². The molecule has 0 fully saturated rings. The lowest BCUT2D eigenvalue weighted by atomic mass is 10.1. The number of amides is 1. The number of carbonyl (C=O) groups excluding carboxylic acids is 1. The number of nitrogens with zero attached hydrogens (tertiary/aromatic N) is 1. The Morgan fingerprint density at radius 3 is 2.65 bits per heavy atom. The molecule has 0 aliphatic carbocycles. The summed E-state index contributed by atoms with van der Waals surface area (Å²) < 4.78 is 1.91. The summed E-state index contributed by atoms with van der Waals surface area (Å²) in [6, 6.07) is 2.34. The molecule has 1 amide bonds. The van der Waals surface area contributed by atoms with Crippen molar-refractivity contribution in [1.29, 1.82) is 0 Å². The fourth-order valence-corrected chi connectivity index (χ4v) is 1.60. The Kier molecular flexibility index (Phi) is 4.34. The van der Waals surface area contributed by atoms with E-state index in [2.05, 4.69) is 17.6 Å². The van der Waals surface area contributed by atoms with Gasteiger partial charge in [-0.15, -0.1) is 0 Å². The van der Waals surface area contributed by atoms with Crippen molar-refractivity contribution in [2.45, 2.75) is 45.8 Å². The molecule has 0 saturated heterocycles. The van der Waals surface area contributed by atoms with E-state index in [1.165, 1.54) is 5.56 Å². The minimum Gasteiger partial charge on any atom is -0.350 e. The predicted octanol–water partition coefficient (Wildman–Crippen LogP) is 1.68. The van der Waals surface area contributed by atoms with Crippen LogP contribution in [-0.4, -0.2) is 23.1 Å². The molecular formula is C13H23N3O. The lowest BCUT2D eigenvalue weighted by Crippen LogP contribution is -2.42. The van der Waals surface area contributed by atoms with Gasteiger partial charge in [-0.2, -0.15) is 0 Å². The standard InChI is InChI=1S/C13H23N3O/c1-10(14-5)11-6-7-16(8-11)9-12(17)15-13(2,3)4/h6-8,10,14H,9H2,1-5H3,(H,15,17). The summed E-state index contributed by atoms with van der Waals surface area (Å²) in [4.78, 5) is 11.7. The molecular weight excluding hydrogens is 214 g/mol. The largest absolute Gasteiger partial charge is 0.350 e. The van der Waals surface area contributed by atoms with Crippen LogP contribution < -0.4 is 10.6 Å². The molecule has 1 atom stereocenters. The summed E-state index contributed by atoms with van der Waals surface area (Å²) in [5, 5.41) is 6.12. The smallest absolute Gasteiger partial charge is 0.240 e. The zero-order chi connectivity index (χ0) is 13.1. The van der Waals surface area contributed by atoms with Crippen molar-refractivity contribution in [3.05, 3.63) is 24.0 Å². The first-order valence-electron chi connectivity index (χ1n) is 5.96. The first-order chi connectivity index (χ1) is 7.81. The van der Waals surface area contributed by atoms with Crippen LogP contribution in [0, 0.1) is 0 Å². The molecule has 1 aromatic heterocycles. The molecule has 2 N–H and O–H groups in total. The molecule has 0 spiro atoms. The van der Waals surface area contributed by atoms with E-state index >= 15 is 0 Å². The minimum absolute atomic E-state index is 0.0387. The molecule has 0 bridgehead atoms. The SMILES string of the molecule is CNC(C)c1ccn(CC(=O)NC(C)(C)C)c1. The second-order valence-electron chi connectivity index (χ2n) is 5.43. The first-order valence-corrected chi connectivity index (χ1v) is 5.96. The van der Waals surface area contributed by atoms with E-state index in [0.717, 1.165) is 0 Å². The van der Waals surface area contributed by atoms with Crippen LogP contribution in [0.3, 0.4) is 0 Å². The van der Waals surface area contributed by atoms with E-state index in [4.69, 9.17) is 0 Å². The van der Waals surface area contributed by atoms with Gasteiger partial charge in [0.05, 0.1) is 0 Å². The fraction of sp³-hybridized carbons (Fsp3) is 0.615. The predicted molar refractivity (Wildman–Crippen MR) is 69.8 cm³/mol. The first kappa shape index (κ1) is 13.8. The Labute approximate surface area is 103 Å². The summed E-state index contributed by atoms with van der Waals surface area (Å²) in [5.41, 5.74) is 1.02. The second-order valence-corrected chi connectivity index (χ2v) is 5.43. The van der Waals surface area contributed by atoms with Gasteiger partial charge in [-0.3, -0.25) is 4.79 Å². The summed E-state index contributed by atoms with van der Waals surface area (Å²) >= 11 is 0. The van der Waals surface area contributed by atoms with Gasteiger partial charge in [0.1, 0.15) is 6.54 Å². The maximum atomic E-state index is 11.7. The topological polar surface area (TPSA) is 46.1 Å². The van der Waals surface area contributed by atoms with Crippen molar-refractivity contribution in [2.75, 3.05) is 7.05 Å². The van der Waals surface area contributed by atoms with E-state index in [0.29, 0.717) is 12.6 Å². The van der Waals surface area contributed by atoms with Crippen LogP contribution in [-0.2, 0) is 11.3 Å². The summed E-state index contributed by atoms with van der Waals surface area (Å²) in [7, 11) is 1.92. The highest BCUT2D eigenvalue weighted by Gasteiger charge is 2.14. The molecule has 4 nitrogen and oxygen atoms in total. The molecule has 1 rings (SSSR count). The lowest BCUT2D eigenvalue weighted by molar-refractivity contribution is -0.123. The molecule has 17 heavy (non-hydrogen) atoms. The van der Waals surface area contributed by atoms with Crippen LogP contribution in [0.4, 0.5) is 0 Å². The van der Waals surface area contributed by atoms with Crippen molar-refractivity contribution in [3.8, 4) is 0 Å². The van der Waals surface area contributed by atoms with Crippen LogP contribution in [0.1, 0.15) is 39.3 Å². The molecule has 4 heteroatoms. The van der Waals surface area contributed by atoms with Gasteiger partial charge in [0, 0.05) is 24.0 Å². The van der Waals surface area contributed by atoms with Gasteiger partial charge in [0.25, 0.3) is 0 Å². The highest BCUT2D eigenvalue weighted by Crippen LogP contribution is 2.11. The van der Waals surface area contributed by atoms with Gasteiger partial charge in [-0.25, -0.2) is 0 Å². The van der Waals surface area contributed by atoms with E-state index < -0.39 is 0 Å². The van der Waals surface area contributed by atoms with Crippen LogP contribution in [0.2, 0.25) is 0 Å². The fourth-order valence-electron chi connectivity index (χ4n) is 1.60. The van der Waals surface area contributed by atoms with Gasteiger partial charge in [0.2, 0.25) is 5.91 Å². The third kappa shape index (κ3) is 4.61. The Balaban J connectivity index is 2.58. The molecule has 1 heterocycles. The van der Waals surface area contributed by atoms with Crippen LogP contribution in [0.5, 0.6) is 0 Å². The van der Waals surface area contributed by atoms with Crippen LogP contribution in [0.15, 0.2) is 18.5 Å². The summed E-state index contributed by atoms with van der Waals surface area (Å²) in [6.45, 7) is 8.40. The van der Waals surface area contributed by atoms with E-state index in [-0.39, 0.29) is 11.4 Å². The molecule has 0 aliphatic rings. The lowest BCUT2D eigenvalue weighted by Gasteiger charge is -2.20. The van der Waals surface area contributed by atoms with Crippen LogP contribution >= 0.6 is 0 Å². The molecule has 96 valence electrons. The summed E-state index contributed by atoms with van der Waals surface area (Å²) in [5.74, 6) is 0.0387. The zero-order valence-corrected chi connectivity index (χ0v) is 11.4. The summed E-state index contributed by atoms with van der Waals surface area (Å²) in [6.07, 6.45) is 3.94. The monoisotopic (exact) mass is 237 g/mol. The highest BCUT2D eigenvalue weighted by molar-refractivity contribution is 5.76. The molecule has 0 aliphatic heterocycles. The molecule has 1 unspecified atom stereocenters. The maximum Gasteiger partial charge on any atom is 0.240 e. The van der Waals surface area contributed by atoms with E-state index in [1.807, 2.05) is 50.8 Å². The molecule has 0 radical (unpaired) electrons. The third-order valence-corrected chi connectivity index (χ3v) is 2.55. The number of hydrogen-bond donors (Lipinski definition) is 2. The second kappa shape index (κ2) is 5.36. The van der Waals surface area contributed by atoms with Crippen molar-refractivity contribution in [2.24, 2.45) is 0 Å². The van der Waals surface area contributed by atoms with Gasteiger partial charge < -0.3 is 15.2 Å². The van der Waals surface area contributed by atoms with E-state index in [1.54, 1.807) is 0 Å². The number of carbonyl (C=O) groups is 1. The molecule has 0 saturated carbocycles. The number of rotatable bonds is 4. The number of hydrogen-bond acceptors (Lipinski definition) is 2. The maximum absolute atomic E-state index is 11.7. The van der Waals surface area contributed by atoms with Crippen molar-refractivity contribution in [1.82, 2.24) is 15.2 Å². The van der Waals surface area contributed by atoms with E-state index in [9.17, 15) is 4.79 Å². The average Bonchev–Trinajstić information content (AvgIpc) is 2.62. The highest BCUT2D eigenvalue weighted by atomic mass is 16.2. The van der Waals surface area contributed by atoms with Gasteiger partial charge in [0.15, 0.2) is 0 Å². The third-order valence-electron chi connectivity index (χ3n) is 2.55. The van der Waals surface area contributed by atoms with Crippen LogP contribution in [0.25, 0.3) is 0 Å². The van der Waals surface area contributed by atoms with Gasteiger partial charge in [-0.1, -0.05) is 0 Å². The normalized spacial score (nSPS) is 13.5. The molecule has 0 aromatic carbocycles. The van der Waals surface area contributed by atoms with Gasteiger partial charge >= 0.3 is 0 Å². The minimum atomic E-state index is -0.175. The van der Waals surface area contributed by atoms with Crippen molar-refractivity contribution < 1.29 is 4.79 Å². The average molecular weight is 237 g/mol.